The maximum absolute atomic E-state index is 5.92. The molecule has 0 amide bonds. The fourth-order valence-corrected chi connectivity index (χ4v) is 3.79. The van der Waals surface area contributed by atoms with Crippen LogP contribution in [0, 0.1) is 3.57 Å². The molecular weight excluding hydrogens is 453 g/mol. The second-order valence-corrected chi connectivity index (χ2v) is 14.3. The van der Waals surface area contributed by atoms with Crippen molar-refractivity contribution in [3.8, 4) is 0 Å². The van der Waals surface area contributed by atoms with Crippen LogP contribution in [0.3, 0.4) is 0 Å². The highest BCUT2D eigenvalue weighted by Gasteiger charge is 2.13. The van der Waals surface area contributed by atoms with Crippen molar-refractivity contribution in [2.75, 3.05) is 6.61 Å². The number of fused-ring (bicyclic) bond motifs is 1. The van der Waals surface area contributed by atoms with E-state index in [1.165, 1.54) is 3.57 Å². The number of aromatic nitrogens is 3. The molecule has 0 saturated carbocycles. The Morgan fingerprint density at radius 3 is 2.73 bits per heavy atom. The Bertz CT molecular complexity index is 901. The molecule has 6 heteroatoms. The van der Waals surface area contributed by atoms with Crippen LogP contribution in [0.1, 0.15) is 11.4 Å². The van der Waals surface area contributed by atoms with Gasteiger partial charge < -0.3 is 4.74 Å². The topological polar surface area (TPSA) is 39.9 Å². The first-order valence-electron chi connectivity index (χ1n) is 8.75. The maximum Gasteiger partial charge on any atom is 0.140 e. The minimum absolute atomic E-state index is 0.485. The van der Waals surface area contributed by atoms with Gasteiger partial charge in [-0.3, -0.25) is 4.98 Å². The number of hydrogen-bond acceptors (Lipinski definition) is 3. The third-order valence-electron chi connectivity index (χ3n) is 4.05. The second-order valence-electron chi connectivity index (χ2n) is 7.48. The molecule has 0 bridgehead atoms. The zero-order valence-electron chi connectivity index (χ0n) is 15.4. The molecule has 0 unspecified atom stereocenters. The van der Waals surface area contributed by atoms with Crippen molar-refractivity contribution in [3.63, 3.8) is 0 Å². The van der Waals surface area contributed by atoms with E-state index in [0.29, 0.717) is 6.73 Å². The Labute approximate surface area is 169 Å². The van der Waals surface area contributed by atoms with Gasteiger partial charge in [0.2, 0.25) is 0 Å². The van der Waals surface area contributed by atoms with E-state index in [1.807, 2.05) is 35.0 Å². The predicted molar refractivity (Wildman–Crippen MR) is 120 cm³/mol. The molecule has 0 spiro atoms. The molecule has 0 aliphatic carbocycles. The van der Waals surface area contributed by atoms with Crippen LogP contribution in [0.15, 0.2) is 42.6 Å². The highest BCUT2D eigenvalue weighted by atomic mass is 127. The standard InChI is InChI=1S/C20H24IN3OSi/c1-26(2,3)13-12-25-15-24-20-14-16(21)7-9-18(20)19(23-24)10-8-17-6-4-5-11-22-17/h4-11,14H,12-13,15H2,1-3H3. The van der Waals surface area contributed by atoms with Gasteiger partial charge in [-0.25, -0.2) is 4.68 Å². The second kappa shape index (κ2) is 8.45. The summed E-state index contributed by atoms with van der Waals surface area (Å²) in [5.41, 5.74) is 2.97. The molecule has 0 atom stereocenters. The molecule has 0 aliphatic rings. The van der Waals surface area contributed by atoms with Crippen LogP contribution in [-0.4, -0.2) is 29.4 Å². The van der Waals surface area contributed by atoms with Gasteiger partial charge >= 0.3 is 0 Å². The largest absolute Gasteiger partial charge is 0.360 e. The molecule has 2 aromatic heterocycles. The van der Waals surface area contributed by atoms with E-state index in [2.05, 4.69) is 65.4 Å². The number of pyridine rings is 1. The van der Waals surface area contributed by atoms with Gasteiger partial charge in [-0.1, -0.05) is 25.7 Å². The normalized spacial score (nSPS) is 12.3. The Hall–Kier alpha value is -1.51. The molecule has 3 aromatic rings. The molecule has 0 radical (unpaired) electrons. The lowest BCUT2D eigenvalue weighted by atomic mass is 10.2. The van der Waals surface area contributed by atoms with Crippen LogP contribution in [0.2, 0.25) is 25.7 Å². The zero-order valence-corrected chi connectivity index (χ0v) is 18.6. The highest BCUT2D eigenvalue weighted by molar-refractivity contribution is 14.1. The average Bonchev–Trinajstić information content (AvgIpc) is 2.94. The van der Waals surface area contributed by atoms with Crippen LogP contribution >= 0.6 is 22.6 Å². The van der Waals surface area contributed by atoms with Crippen molar-refractivity contribution in [1.82, 2.24) is 14.8 Å². The summed E-state index contributed by atoms with van der Waals surface area (Å²) in [6.07, 6.45) is 5.82. The van der Waals surface area contributed by atoms with Gasteiger partial charge in [0, 0.05) is 29.8 Å². The van der Waals surface area contributed by atoms with Crippen LogP contribution in [0.4, 0.5) is 0 Å². The van der Waals surface area contributed by atoms with Crippen molar-refractivity contribution in [3.05, 3.63) is 57.6 Å². The Kier molecular flexibility index (Phi) is 6.26. The first kappa shape index (κ1) is 19.3. The van der Waals surface area contributed by atoms with Crippen molar-refractivity contribution in [1.29, 1.82) is 0 Å². The lowest BCUT2D eigenvalue weighted by Crippen LogP contribution is -2.22. The number of ether oxygens (including phenoxy) is 1. The molecule has 3 rings (SSSR count). The predicted octanol–water partition coefficient (Wildman–Crippen LogP) is 5.52. The Morgan fingerprint density at radius 2 is 2.00 bits per heavy atom. The van der Waals surface area contributed by atoms with Crippen LogP contribution in [0.25, 0.3) is 23.1 Å². The van der Waals surface area contributed by atoms with Crippen LogP contribution in [-0.2, 0) is 11.5 Å². The molecular formula is C20H24IN3OSi. The fraction of sp³-hybridized carbons (Fsp3) is 0.300. The number of halogens is 1. The van der Waals surface area contributed by atoms with Gasteiger partial charge in [0.1, 0.15) is 6.73 Å². The van der Waals surface area contributed by atoms with Crippen LogP contribution < -0.4 is 0 Å². The van der Waals surface area contributed by atoms with Gasteiger partial charge in [0.25, 0.3) is 0 Å². The van der Waals surface area contributed by atoms with E-state index in [-0.39, 0.29) is 0 Å². The molecule has 26 heavy (non-hydrogen) atoms. The number of rotatable bonds is 7. The van der Waals surface area contributed by atoms with Crippen LogP contribution in [0.5, 0.6) is 0 Å². The molecule has 2 heterocycles. The van der Waals surface area contributed by atoms with Crippen molar-refractivity contribution in [2.24, 2.45) is 0 Å². The highest BCUT2D eigenvalue weighted by Crippen LogP contribution is 2.23. The minimum Gasteiger partial charge on any atom is -0.360 e. The number of benzene rings is 1. The fourth-order valence-electron chi connectivity index (χ4n) is 2.56. The summed E-state index contributed by atoms with van der Waals surface area (Å²) in [4.78, 5) is 4.33. The SMILES string of the molecule is C[Si](C)(C)CCOCn1nc(C=Cc2ccccn2)c2ccc(I)cc21. The molecule has 0 saturated heterocycles. The van der Waals surface area contributed by atoms with Gasteiger partial charge in [0.15, 0.2) is 0 Å². The molecule has 0 N–H and O–H groups in total. The van der Waals surface area contributed by atoms with E-state index in [0.717, 1.165) is 34.9 Å². The monoisotopic (exact) mass is 477 g/mol. The zero-order chi connectivity index (χ0) is 18.6. The van der Waals surface area contributed by atoms with Crippen molar-refractivity contribution in [2.45, 2.75) is 32.4 Å². The van der Waals surface area contributed by atoms with Gasteiger partial charge in [0.05, 0.1) is 16.9 Å². The summed E-state index contributed by atoms with van der Waals surface area (Å²) in [5.74, 6) is 0. The van der Waals surface area contributed by atoms with Crippen molar-refractivity contribution >= 4 is 53.7 Å². The third kappa shape index (κ3) is 5.25. The lowest BCUT2D eigenvalue weighted by Gasteiger charge is -2.15. The van der Waals surface area contributed by atoms with E-state index < -0.39 is 8.07 Å². The molecule has 0 fully saturated rings. The van der Waals surface area contributed by atoms with E-state index in [4.69, 9.17) is 9.84 Å². The van der Waals surface area contributed by atoms with E-state index in [9.17, 15) is 0 Å². The summed E-state index contributed by atoms with van der Waals surface area (Å²) >= 11 is 2.34. The quantitative estimate of drug-likeness (QED) is 0.256. The van der Waals surface area contributed by atoms with Gasteiger partial charge in [-0.15, -0.1) is 0 Å². The smallest absolute Gasteiger partial charge is 0.140 e. The Balaban J connectivity index is 1.82. The summed E-state index contributed by atoms with van der Waals surface area (Å²) in [6.45, 7) is 8.37. The van der Waals surface area contributed by atoms with Gasteiger partial charge in [-0.2, -0.15) is 5.10 Å². The minimum atomic E-state index is -1.08. The maximum atomic E-state index is 5.92. The average molecular weight is 477 g/mol. The first-order chi connectivity index (χ1) is 12.4. The lowest BCUT2D eigenvalue weighted by molar-refractivity contribution is 0.0816. The summed E-state index contributed by atoms with van der Waals surface area (Å²) in [6, 6.07) is 13.4. The summed E-state index contributed by atoms with van der Waals surface area (Å²) in [7, 11) is -1.08. The van der Waals surface area contributed by atoms with Gasteiger partial charge in [-0.05, 0) is 71.1 Å². The Morgan fingerprint density at radius 1 is 1.15 bits per heavy atom. The summed E-state index contributed by atoms with van der Waals surface area (Å²) < 4.78 is 9.07. The number of hydrogen-bond donors (Lipinski definition) is 0. The molecule has 136 valence electrons. The number of nitrogens with zero attached hydrogens (tertiary/aromatic N) is 3. The first-order valence-corrected chi connectivity index (χ1v) is 13.5. The van der Waals surface area contributed by atoms with E-state index in [1.54, 1.807) is 6.20 Å². The van der Waals surface area contributed by atoms with E-state index >= 15 is 0 Å². The summed E-state index contributed by atoms with van der Waals surface area (Å²) in [5, 5.41) is 5.90. The van der Waals surface area contributed by atoms with Crippen molar-refractivity contribution < 1.29 is 4.74 Å². The molecule has 1 aromatic carbocycles. The molecule has 4 nitrogen and oxygen atoms in total. The molecule has 0 aliphatic heterocycles. The third-order valence-corrected chi connectivity index (χ3v) is 6.43.